The molecule has 1 heterocycles. The monoisotopic (exact) mass is 209 g/mol. The SMILES string of the molecule is CCCC(N)CC(=O)NCc1cc[nH]c1. The summed E-state index contributed by atoms with van der Waals surface area (Å²) >= 11 is 0. The van der Waals surface area contributed by atoms with E-state index in [9.17, 15) is 4.79 Å². The van der Waals surface area contributed by atoms with Gasteiger partial charge in [-0.25, -0.2) is 0 Å². The highest BCUT2D eigenvalue weighted by Gasteiger charge is 2.07. The van der Waals surface area contributed by atoms with E-state index in [1.165, 1.54) is 0 Å². The first-order chi connectivity index (χ1) is 7.22. The number of amides is 1. The zero-order valence-corrected chi connectivity index (χ0v) is 9.12. The number of carbonyl (C=O) groups excluding carboxylic acids is 1. The molecule has 0 aliphatic rings. The number of carbonyl (C=O) groups is 1. The van der Waals surface area contributed by atoms with E-state index >= 15 is 0 Å². The van der Waals surface area contributed by atoms with Crippen LogP contribution in [0.1, 0.15) is 31.7 Å². The summed E-state index contributed by atoms with van der Waals surface area (Å²) in [6.45, 7) is 2.64. The Labute approximate surface area is 90.2 Å². The summed E-state index contributed by atoms with van der Waals surface area (Å²) in [6.07, 6.45) is 6.04. The van der Waals surface area contributed by atoms with Gasteiger partial charge in [0.15, 0.2) is 0 Å². The summed E-state index contributed by atoms with van der Waals surface area (Å²) in [5.41, 5.74) is 6.84. The molecule has 1 amide bonds. The minimum Gasteiger partial charge on any atom is -0.367 e. The van der Waals surface area contributed by atoms with Crippen LogP contribution in [0.3, 0.4) is 0 Å². The van der Waals surface area contributed by atoms with Gasteiger partial charge in [0, 0.05) is 31.4 Å². The largest absolute Gasteiger partial charge is 0.367 e. The van der Waals surface area contributed by atoms with E-state index in [0.717, 1.165) is 18.4 Å². The second kappa shape index (κ2) is 6.24. The van der Waals surface area contributed by atoms with Gasteiger partial charge in [-0.1, -0.05) is 13.3 Å². The van der Waals surface area contributed by atoms with E-state index in [4.69, 9.17) is 5.73 Å². The first-order valence-electron chi connectivity index (χ1n) is 5.36. The lowest BCUT2D eigenvalue weighted by Crippen LogP contribution is -2.31. The molecule has 0 saturated carbocycles. The molecule has 0 bridgehead atoms. The van der Waals surface area contributed by atoms with Crippen LogP contribution >= 0.6 is 0 Å². The maximum atomic E-state index is 11.4. The Hall–Kier alpha value is -1.29. The summed E-state index contributed by atoms with van der Waals surface area (Å²) in [5.74, 6) is 0.0251. The molecule has 4 nitrogen and oxygen atoms in total. The molecular formula is C11H19N3O. The van der Waals surface area contributed by atoms with E-state index in [1.54, 1.807) is 0 Å². The first kappa shape index (κ1) is 11.8. The minimum absolute atomic E-state index is 0.0128. The second-order valence-corrected chi connectivity index (χ2v) is 3.75. The smallest absolute Gasteiger partial charge is 0.221 e. The Morgan fingerprint density at radius 3 is 3.07 bits per heavy atom. The van der Waals surface area contributed by atoms with Crippen molar-refractivity contribution in [2.24, 2.45) is 5.73 Å². The molecule has 0 aliphatic heterocycles. The van der Waals surface area contributed by atoms with E-state index in [-0.39, 0.29) is 11.9 Å². The first-order valence-corrected chi connectivity index (χ1v) is 5.36. The average molecular weight is 209 g/mol. The second-order valence-electron chi connectivity index (χ2n) is 3.75. The van der Waals surface area contributed by atoms with Crippen LogP contribution < -0.4 is 11.1 Å². The summed E-state index contributed by atoms with van der Waals surface area (Å²) in [5, 5.41) is 2.84. The van der Waals surface area contributed by atoms with Gasteiger partial charge in [0.25, 0.3) is 0 Å². The van der Waals surface area contributed by atoms with E-state index in [0.29, 0.717) is 13.0 Å². The molecule has 4 heteroatoms. The normalized spacial score (nSPS) is 12.4. The third-order valence-corrected chi connectivity index (χ3v) is 2.26. The molecule has 84 valence electrons. The fourth-order valence-corrected chi connectivity index (χ4v) is 1.45. The molecule has 15 heavy (non-hydrogen) atoms. The van der Waals surface area contributed by atoms with Gasteiger partial charge in [0.2, 0.25) is 5.91 Å². The quantitative estimate of drug-likeness (QED) is 0.657. The van der Waals surface area contributed by atoms with Crippen molar-refractivity contribution in [3.8, 4) is 0 Å². The summed E-state index contributed by atoms with van der Waals surface area (Å²) in [4.78, 5) is 14.4. The van der Waals surface area contributed by atoms with E-state index < -0.39 is 0 Å². The fraction of sp³-hybridized carbons (Fsp3) is 0.545. The number of hydrogen-bond donors (Lipinski definition) is 3. The van der Waals surface area contributed by atoms with Crippen LogP contribution in [0.4, 0.5) is 0 Å². The molecule has 1 atom stereocenters. The Bertz CT molecular complexity index is 282. The molecule has 4 N–H and O–H groups in total. The molecule has 1 rings (SSSR count). The lowest BCUT2D eigenvalue weighted by atomic mass is 10.1. The molecule has 0 spiro atoms. The maximum Gasteiger partial charge on any atom is 0.221 e. The van der Waals surface area contributed by atoms with Gasteiger partial charge < -0.3 is 16.0 Å². The minimum atomic E-state index is -0.0128. The van der Waals surface area contributed by atoms with Crippen molar-refractivity contribution in [1.82, 2.24) is 10.3 Å². The number of rotatable bonds is 6. The van der Waals surface area contributed by atoms with Crippen LogP contribution in [0.5, 0.6) is 0 Å². The molecular weight excluding hydrogens is 190 g/mol. The Morgan fingerprint density at radius 1 is 1.67 bits per heavy atom. The van der Waals surface area contributed by atoms with Gasteiger partial charge in [-0.2, -0.15) is 0 Å². The molecule has 1 unspecified atom stereocenters. The van der Waals surface area contributed by atoms with Crippen molar-refractivity contribution < 1.29 is 4.79 Å². The lowest BCUT2D eigenvalue weighted by molar-refractivity contribution is -0.121. The maximum absolute atomic E-state index is 11.4. The summed E-state index contributed by atoms with van der Waals surface area (Å²) in [7, 11) is 0. The molecule has 0 fully saturated rings. The Morgan fingerprint density at radius 2 is 2.47 bits per heavy atom. The number of nitrogens with one attached hydrogen (secondary N) is 2. The van der Waals surface area contributed by atoms with Crippen molar-refractivity contribution in [3.05, 3.63) is 24.0 Å². The molecule has 0 radical (unpaired) electrons. The van der Waals surface area contributed by atoms with Crippen LogP contribution in [0, 0.1) is 0 Å². The van der Waals surface area contributed by atoms with Crippen LogP contribution in [-0.2, 0) is 11.3 Å². The number of hydrogen-bond acceptors (Lipinski definition) is 2. The molecule has 0 saturated heterocycles. The van der Waals surface area contributed by atoms with Gasteiger partial charge in [0.1, 0.15) is 0 Å². The number of H-pyrrole nitrogens is 1. The molecule has 0 aliphatic carbocycles. The Balaban J connectivity index is 2.19. The topological polar surface area (TPSA) is 70.9 Å². The predicted molar refractivity (Wildman–Crippen MR) is 60.1 cm³/mol. The summed E-state index contributed by atoms with van der Waals surface area (Å²) in [6, 6.07) is 1.92. The van der Waals surface area contributed by atoms with Crippen molar-refractivity contribution in [3.63, 3.8) is 0 Å². The van der Waals surface area contributed by atoms with E-state index in [2.05, 4.69) is 17.2 Å². The third-order valence-electron chi connectivity index (χ3n) is 2.26. The Kier molecular flexibility index (Phi) is 4.90. The van der Waals surface area contributed by atoms with Crippen LogP contribution in [-0.4, -0.2) is 16.9 Å². The molecule has 0 aromatic carbocycles. The van der Waals surface area contributed by atoms with Gasteiger partial charge in [0.05, 0.1) is 0 Å². The highest BCUT2D eigenvalue weighted by molar-refractivity contribution is 5.76. The zero-order chi connectivity index (χ0) is 11.1. The summed E-state index contributed by atoms with van der Waals surface area (Å²) < 4.78 is 0. The van der Waals surface area contributed by atoms with Crippen molar-refractivity contribution in [1.29, 1.82) is 0 Å². The highest BCUT2D eigenvalue weighted by Crippen LogP contribution is 1.99. The van der Waals surface area contributed by atoms with Crippen LogP contribution in [0.25, 0.3) is 0 Å². The van der Waals surface area contributed by atoms with Crippen molar-refractivity contribution >= 4 is 5.91 Å². The number of nitrogens with two attached hydrogens (primary N) is 1. The fourth-order valence-electron chi connectivity index (χ4n) is 1.45. The lowest BCUT2D eigenvalue weighted by Gasteiger charge is -2.09. The van der Waals surface area contributed by atoms with Gasteiger partial charge in [-0.15, -0.1) is 0 Å². The average Bonchev–Trinajstić information content (AvgIpc) is 2.67. The highest BCUT2D eigenvalue weighted by atomic mass is 16.1. The van der Waals surface area contributed by atoms with Crippen molar-refractivity contribution in [2.45, 2.75) is 38.8 Å². The zero-order valence-electron chi connectivity index (χ0n) is 9.12. The van der Waals surface area contributed by atoms with Crippen LogP contribution in [0.2, 0.25) is 0 Å². The van der Waals surface area contributed by atoms with E-state index in [1.807, 2.05) is 18.5 Å². The third kappa shape index (κ3) is 4.65. The van der Waals surface area contributed by atoms with Crippen LogP contribution in [0.15, 0.2) is 18.5 Å². The van der Waals surface area contributed by atoms with Crippen molar-refractivity contribution in [2.75, 3.05) is 0 Å². The van der Waals surface area contributed by atoms with Gasteiger partial charge in [-0.3, -0.25) is 4.79 Å². The van der Waals surface area contributed by atoms with Gasteiger partial charge in [-0.05, 0) is 18.1 Å². The molecule has 1 aromatic heterocycles. The van der Waals surface area contributed by atoms with Gasteiger partial charge >= 0.3 is 0 Å². The molecule has 1 aromatic rings. The number of aromatic amines is 1. The number of aromatic nitrogens is 1. The predicted octanol–water partition coefficient (Wildman–Crippen LogP) is 1.15. The standard InChI is InChI=1S/C11H19N3O/c1-2-3-10(12)6-11(15)14-8-9-4-5-13-7-9/h4-5,7,10,13H,2-3,6,8,12H2,1H3,(H,14,15).